The Labute approximate surface area is 129 Å². The monoisotopic (exact) mass is 338 g/mol. The molecule has 0 unspecified atom stereocenters. The highest BCUT2D eigenvalue weighted by Crippen LogP contribution is 2.32. The lowest BCUT2D eigenvalue weighted by atomic mass is 9.81. The number of carbonyl (C=O) groups is 1. The summed E-state index contributed by atoms with van der Waals surface area (Å²) in [5.74, 6) is 0.880. The molecular formula is C16H23BrN2O. The van der Waals surface area contributed by atoms with E-state index in [0.717, 1.165) is 48.0 Å². The molecule has 20 heavy (non-hydrogen) atoms. The van der Waals surface area contributed by atoms with E-state index in [-0.39, 0.29) is 11.8 Å². The maximum absolute atomic E-state index is 12.4. The normalized spacial score (nSPS) is 22.6. The van der Waals surface area contributed by atoms with Gasteiger partial charge in [-0.3, -0.25) is 4.79 Å². The molecule has 0 radical (unpaired) electrons. The average Bonchev–Trinajstić information content (AvgIpc) is 2.42. The first-order valence-electron chi connectivity index (χ1n) is 7.29. The molecule has 4 heteroatoms. The molecule has 110 valence electrons. The molecule has 0 saturated heterocycles. The van der Waals surface area contributed by atoms with Gasteiger partial charge in [0.15, 0.2) is 0 Å². The summed E-state index contributed by atoms with van der Waals surface area (Å²) in [5, 5.41) is 3.09. The van der Waals surface area contributed by atoms with Crippen LogP contribution in [0.25, 0.3) is 0 Å². The second kappa shape index (κ2) is 6.72. The fraction of sp³-hybridized carbons (Fsp3) is 0.562. The number of nitrogens with one attached hydrogen (secondary N) is 1. The van der Waals surface area contributed by atoms with E-state index >= 15 is 0 Å². The fourth-order valence-electron chi connectivity index (χ4n) is 2.96. The highest BCUT2D eigenvalue weighted by atomic mass is 79.9. The number of nitrogens with two attached hydrogens (primary N) is 1. The molecule has 1 saturated carbocycles. The van der Waals surface area contributed by atoms with E-state index in [4.69, 9.17) is 5.73 Å². The lowest BCUT2D eigenvalue weighted by molar-refractivity contribution is -0.121. The Balaban J connectivity index is 2.02. The predicted molar refractivity (Wildman–Crippen MR) is 86.7 cm³/mol. The molecule has 3 N–H and O–H groups in total. The predicted octanol–water partition coefficient (Wildman–Crippen LogP) is 3.77. The van der Waals surface area contributed by atoms with Crippen LogP contribution in [0.5, 0.6) is 0 Å². The van der Waals surface area contributed by atoms with E-state index < -0.39 is 0 Å². The van der Waals surface area contributed by atoms with Crippen LogP contribution in [0.1, 0.15) is 36.8 Å². The second-order valence-corrected chi connectivity index (χ2v) is 6.74. The molecule has 1 aliphatic carbocycles. The van der Waals surface area contributed by atoms with Gasteiger partial charge in [0.2, 0.25) is 5.91 Å². The van der Waals surface area contributed by atoms with Crippen LogP contribution in [0.3, 0.4) is 0 Å². The average molecular weight is 339 g/mol. The van der Waals surface area contributed by atoms with Crippen LogP contribution in [-0.2, 0) is 4.79 Å². The topological polar surface area (TPSA) is 55.1 Å². The van der Waals surface area contributed by atoms with Crippen molar-refractivity contribution in [2.75, 3.05) is 11.9 Å². The molecule has 0 aromatic heterocycles. The lowest BCUT2D eigenvalue weighted by Gasteiger charge is -2.27. The number of carbonyl (C=O) groups excluding carboxylic acids is 1. The third-order valence-corrected chi connectivity index (χ3v) is 4.86. The summed E-state index contributed by atoms with van der Waals surface area (Å²) in [6, 6.07) is 4.12. The summed E-state index contributed by atoms with van der Waals surface area (Å²) in [5.41, 5.74) is 8.89. The molecule has 1 aromatic carbocycles. The standard InChI is InChI=1S/C16H23BrN2O/c1-10-7-11(2)15(14(17)8-10)19-16(20)13-5-3-12(9-18)4-6-13/h7-8,12-13H,3-6,9,18H2,1-2H3,(H,19,20). The van der Waals surface area contributed by atoms with Gasteiger partial charge >= 0.3 is 0 Å². The summed E-state index contributed by atoms with van der Waals surface area (Å²) < 4.78 is 0.957. The van der Waals surface area contributed by atoms with Crippen molar-refractivity contribution in [1.29, 1.82) is 0 Å². The maximum Gasteiger partial charge on any atom is 0.227 e. The largest absolute Gasteiger partial charge is 0.330 e. The van der Waals surface area contributed by atoms with Crippen LogP contribution in [0.15, 0.2) is 16.6 Å². The fourth-order valence-corrected chi connectivity index (χ4v) is 3.73. The molecule has 0 heterocycles. The summed E-state index contributed by atoms with van der Waals surface area (Å²) in [6.07, 6.45) is 4.05. The first kappa shape index (κ1) is 15.5. The maximum atomic E-state index is 12.4. The van der Waals surface area contributed by atoms with Crippen molar-refractivity contribution in [1.82, 2.24) is 0 Å². The van der Waals surface area contributed by atoms with Crippen molar-refractivity contribution >= 4 is 27.5 Å². The molecule has 2 rings (SSSR count). The Hall–Kier alpha value is -0.870. The van der Waals surface area contributed by atoms with E-state index in [1.165, 1.54) is 5.56 Å². The number of aryl methyl sites for hydroxylation is 2. The van der Waals surface area contributed by atoms with Gasteiger partial charge in [0, 0.05) is 10.4 Å². The first-order chi connectivity index (χ1) is 9.51. The zero-order valence-electron chi connectivity index (χ0n) is 12.2. The van der Waals surface area contributed by atoms with Crippen LogP contribution in [0, 0.1) is 25.7 Å². The summed E-state index contributed by atoms with van der Waals surface area (Å²) in [4.78, 5) is 12.4. The summed E-state index contributed by atoms with van der Waals surface area (Å²) >= 11 is 3.54. The molecule has 1 fully saturated rings. The number of hydrogen-bond donors (Lipinski definition) is 2. The minimum atomic E-state index is 0.130. The number of hydrogen-bond acceptors (Lipinski definition) is 2. The van der Waals surface area contributed by atoms with Gasteiger partial charge in [-0.05, 0) is 85.1 Å². The van der Waals surface area contributed by atoms with E-state index in [1.807, 2.05) is 13.0 Å². The Morgan fingerprint density at radius 1 is 1.30 bits per heavy atom. The Bertz CT molecular complexity index is 470. The molecule has 1 aromatic rings. The molecule has 0 bridgehead atoms. The Morgan fingerprint density at radius 3 is 2.50 bits per heavy atom. The summed E-state index contributed by atoms with van der Waals surface area (Å²) in [6.45, 7) is 4.83. The number of benzene rings is 1. The van der Waals surface area contributed by atoms with Crippen molar-refractivity contribution in [3.8, 4) is 0 Å². The zero-order chi connectivity index (χ0) is 14.7. The Morgan fingerprint density at radius 2 is 1.95 bits per heavy atom. The van der Waals surface area contributed by atoms with Crippen molar-refractivity contribution in [2.45, 2.75) is 39.5 Å². The first-order valence-corrected chi connectivity index (χ1v) is 8.08. The highest BCUT2D eigenvalue weighted by Gasteiger charge is 2.26. The lowest BCUT2D eigenvalue weighted by Crippen LogP contribution is -2.29. The minimum Gasteiger partial charge on any atom is -0.330 e. The molecule has 0 spiro atoms. The van der Waals surface area contributed by atoms with Gasteiger partial charge in [0.1, 0.15) is 0 Å². The van der Waals surface area contributed by atoms with Gasteiger partial charge in [-0.1, -0.05) is 6.07 Å². The molecule has 1 amide bonds. The smallest absolute Gasteiger partial charge is 0.227 e. The molecule has 3 nitrogen and oxygen atoms in total. The van der Waals surface area contributed by atoms with E-state index in [9.17, 15) is 4.79 Å². The quantitative estimate of drug-likeness (QED) is 0.881. The summed E-state index contributed by atoms with van der Waals surface area (Å²) in [7, 11) is 0. The van der Waals surface area contributed by atoms with E-state index in [0.29, 0.717) is 5.92 Å². The van der Waals surface area contributed by atoms with E-state index in [1.54, 1.807) is 0 Å². The van der Waals surface area contributed by atoms with Gasteiger partial charge in [-0.25, -0.2) is 0 Å². The van der Waals surface area contributed by atoms with Gasteiger partial charge < -0.3 is 11.1 Å². The molecule has 0 atom stereocenters. The van der Waals surface area contributed by atoms with Crippen molar-refractivity contribution < 1.29 is 4.79 Å². The number of anilines is 1. The van der Waals surface area contributed by atoms with Crippen molar-refractivity contribution in [3.05, 3.63) is 27.7 Å². The molecule has 0 aliphatic heterocycles. The third kappa shape index (κ3) is 3.61. The second-order valence-electron chi connectivity index (χ2n) is 5.88. The highest BCUT2D eigenvalue weighted by molar-refractivity contribution is 9.10. The third-order valence-electron chi connectivity index (χ3n) is 4.23. The van der Waals surface area contributed by atoms with Crippen LogP contribution >= 0.6 is 15.9 Å². The van der Waals surface area contributed by atoms with Crippen molar-refractivity contribution in [2.24, 2.45) is 17.6 Å². The number of amides is 1. The van der Waals surface area contributed by atoms with Gasteiger partial charge in [0.25, 0.3) is 0 Å². The van der Waals surface area contributed by atoms with Crippen LogP contribution in [-0.4, -0.2) is 12.5 Å². The van der Waals surface area contributed by atoms with Gasteiger partial charge in [-0.2, -0.15) is 0 Å². The Kier molecular flexibility index (Phi) is 5.22. The minimum absolute atomic E-state index is 0.130. The number of rotatable bonds is 3. The van der Waals surface area contributed by atoms with E-state index in [2.05, 4.69) is 34.2 Å². The van der Waals surface area contributed by atoms with Crippen LogP contribution in [0.2, 0.25) is 0 Å². The van der Waals surface area contributed by atoms with Crippen molar-refractivity contribution in [3.63, 3.8) is 0 Å². The van der Waals surface area contributed by atoms with Gasteiger partial charge in [-0.15, -0.1) is 0 Å². The van der Waals surface area contributed by atoms with Crippen LogP contribution in [0.4, 0.5) is 5.69 Å². The van der Waals surface area contributed by atoms with Gasteiger partial charge in [0.05, 0.1) is 5.69 Å². The number of halogens is 1. The van der Waals surface area contributed by atoms with Crippen LogP contribution < -0.4 is 11.1 Å². The SMILES string of the molecule is Cc1cc(C)c(NC(=O)C2CCC(CN)CC2)c(Br)c1. The molecule has 1 aliphatic rings. The molecular weight excluding hydrogens is 316 g/mol. The zero-order valence-corrected chi connectivity index (χ0v) is 13.8.